The summed E-state index contributed by atoms with van der Waals surface area (Å²) in [5, 5.41) is 2.40. The largest absolute Gasteiger partial charge is 0.497 e. The highest BCUT2D eigenvalue weighted by Gasteiger charge is 2.19. The summed E-state index contributed by atoms with van der Waals surface area (Å²) in [5.74, 6) is -0.0354. The van der Waals surface area contributed by atoms with Crippen LogP contribution in [0.1, 0.15) is 25.7 Å². The predicted octanol–water partition coefficient (Wildman–Crippen LogP) is 3.33. The number of halogens is 1. The first-order valence-corrected chi connectivity index (χ1v) is 6.00. The summed E-state index contributed by atoms with van der Waals surface area (Å²) in [7, 11) is 1.48. The number of amides is 1. The maximum atomic E-state index is 13.5. The number of benzene rings is 1. The van der Waals surface area contributed by atoms with Gasteiger partial charge in [0.1, 0.15) is 17.7 Å². The fourth-order valence-electron chi connectivity index (χ4n) is 2.02. The number of ether oxygens (including phenoxy) is 2. The molecule has 0 unspecified atom stereocenters. The van der Waals surface area contributed by atoms with Gasteiger partial charge in [-0.2, -0.15) is 0 Å². The van der Waals surface area contributed by atoms with E-state index < -0.39 is 11.9 Å². The average Bonchev–Trinajstić information content (AvgIpc) is 2.84. The van der Waals surface area contributed by atoms with Gasteiger partial charge in [-0.3, -0.25) is 5.32 Å². The smallest absolute Gasteiger partial charge is 0.411 e. The van der Waals surface area contributed by atoms with Crippen LogP contribution >= 0.6 is 0 Å². The van der Waals surface area contributed by atoms with Gasteiger partial charge >= 0.3 is 6.09 Å². The van der Waals surface area contributed by atoms with E-state index in [-0.39, 0.29) is 11.8 Å². The summed E-state index contributed by atoms with van der Waals surface area (Å²) >= 11 is 0. The van der Waals surface area contributed by atoms with Gasteiger partial charge in [0.05, 0.1) is 12.8 Å². The Morgan fingerprint density at radius 3 is 2.78 bits per heavy atom. The number of methoxy groups -OCH3 is 1. The van der Waals surface area contributed by atoms with E-state index in [2.05, 4.69) is 5.32 Å². The number of hydrogen-bond acceptors (Lipinski definition) is 3. The van der Waals surface area contributed by atoms with E-state index in [4.69, 9.17) is 9.47 Å². The average molecular weight is 253 g/mol. The molecular formula is C13H16FNO3. The van der Waals surface area contributed by atoms with Crippen molar-refractivity contribution < 1.29 is 18.7 Å². The third-order valence-electron chi connectivity index (χ3n) is 2.99. The van der Waals surface area contributed by atoms with Gasteiger partial charge in [-0.05, 0) is 37.8 Å². The highest BCUT2D eigenvalue weighted by Crippen LogP contribution is 2.23. The number of carbonyl (C=O) groups excluding carboxylic acids is 1. The minimum Gasteiger partial charge on any atom is -0.497 e. The Morgan fingerprint density at radius 2 is 2.11 bits per heavy atom. The van der Waals surface area contributed by atoms with E-state index in [1.165, 1.54) is 25.3 Å². The molecule has 0 saturated heterocycles. The Labute approximate surface area is 105 Å². The second-order valence-electron chi connectivity index (χ2n) is 4.28. The molecule has 1 aromatic carbocycles. The number of nitrogens with one attached hydrogen (secondary N) is 1. The lowest BCUT2D eigenvalue weighted by atomic mass is 10.3. The van der Waals surface area contributed by atoms with Crippen LogP contribution in [0.15, 0.2) is 18.2 Å². The third kappa shape index (κ3) is 3.12. The van der Waals surface area contributed by atoms with E-state index in [0.717, 1.165) is 25.7 Å². The van der Waals surface area contributed by atoms with Crippen molar-refractivity contribution in [3.8, 4) is 5.75 Å². The normalized spacial score (nSPS) is 15.4. The van der Waals surface area contributed by atoms with Gasteiger partial charge in [0, 0.05) is 6.07 Å². The van der Waals surface area contributed by atoms with Crippen molar-refractivity contribution in [3.05, 3.63) is 24.0 Å². The van der Waals surface area contributed by atoms with Gasteiger partial charge in [0.15, 0.2) is 0 Å². The zero-order valence-corrected chi connectivity index (χ0v) is 10.2. The maximum absolute atomic E-state index is 13.5. The molecule has 4 nitrogen and oxygen atoms in total. The van der Waals surface area contributed by atoms with Crippen LogP contribution in [0.5, 0.6) is 5.75 Å². The molecule has 1 N–H and O–H groups in total. The van der Waals surface area contributed by atoms with Gasteiger partial charge in [-0.15, -0.1) is 0 Å². The first-order chi connectivity index (χ1) is 8.69. The summed E-state index contributed by atoms with van der Waals surface area (Å²) in [5.41, 5.74) is 0.0670. The highest BCUT2D eigenvalue weighted by atomic mass is 19.1. The fraction of sp³-hybridized carbons (Fsp3) is 0.462. The van der Waals surface area contributed by atoms with E-state index in [9.17, 15) is 9.18 Å². The van der Waals surface area contributed by atoms with E-state index in [0.29, 0.717) is 5.75 Å². The SMILES string of the molecule is COc1ccc(F)c(NC(=O)OC2CCCC2)c1. The molecule has 0 atom stereocenters. The molecule has 0 aromatic heterocycles. The van der Waals surface area contributed by atoms with Crippen LogP contribution in [-0.4, -0.2) is 19.3 Å². The van der Waals surface area contributed by atoms with Crippen molar-refractivity contribution in [2.75, 3.05) is 12.4 Å². The summed E-state index contributed by atoms with van der Waals surface area (Å²) < 4.78 is 23.6. The Balaban J connectivity index is 1.97. The first-order valence-electron chi connectivity index (χ1n) is 6.00. The molecule has 1 fully saturated rings. The van der Waals surface area contributed by atoms with Crippen LogP contribution in [0, 0.1) is 5.82 Å². The lowest BCUT2D eigenvalue weighted by molar-refractivity contribution is 0.114. The van der Waals surface area contributed by atoms with Crippen LogP contribution in [-0.2, 0) is 4.74 Å². The lowest BCUT2D eigenvalue weighted by Crippen LogP contribution is -2.20. The first kappa shape index (κ1) is 12.7. The molecule has 5 heteroatoms. The molecular weight excluding hydrogens is 237 g/mol. The van der Waals surface area contributed by atoms with Crippen LogP contribution < -0.4 is 10.1 Å². The van der Waals surface area contributed by atoms with E-state index in [1.807, 2.05) is 0 Å². The fourth-order valence-corrected chi connectivity index (χ4v) is 2.02. The van der Waals surface area contributed by atoms with Crippen molar-refractivity contribution in [3.63, 3.8) is 0 Å². The summed E-state index contributed by atoms with van der Waals surface area (Å²) in [6.07, 6.45) is 3.26. The molecule has 1 aliphatic carbocycles. The molecule has 1 amide bonds. The number of rotatable bonds is 3. The molecule has 0 heterocycles. The molecule has 0 bridgehead atoms. The second-order valence-corrected chi connectivity index (χ2v) is 4.28. The Morgan fingerprint density at radius 1 is 1.39 bits per heavy atom. The minimum absolute atomic E-state index is 0.0429. The summed E-state index contributed by atoms with van der Waals surface area (Å²) in [4.78, 5) is 11.6. The van der Waals surface area contributed by atoms with Crippen molar-refractivity contribution in [2.24, 2.45) is 0 Å². The molecule has 98 valence electrons. The second kappa shape index (κ2) is 5.71. The monoisotopic (exact) mass is 253 g/mol. The molecule has 1 aromatic rings. The molecule has 1 aliphatic rings. The van der Waals surface area contributed by atoms with Gasteiger partial charge < -0.3 is 9.47 Å². The maximum Gasteiger partial charge on any atom is 0.411 e. The van der Waals surface area contributed by atoms with E-state index in [1.54, 1.807) is 0 Å². The van der Waals surface area contributed by atoms with Crippen molar-refractivity contribution in [1.29, 1.82) is 0 Å². The van der Waals surface area contributed by atoms with Crippen molar-refractivity contribution >= 4 is 11.8 Å². The lowest BCUT2D eigenvalue weighted by Gasteiger charge is -2.13. The van der Waals surface area contributed by atoms with Crippen LogP contribution in [0.3, 0.4) is 0 Å². The summed E-state index contributed by atoms with van der Waals surface area (Å²) in [6.45, 7) is 0. The van der Waals surface area contributed by atoms with Crippen molar-refractivity contribution in [1.82, 2.24) is 0 Å². The van der Waals surface area contributed by atoms with Crippen LogP contribution in [0.2, 0.25) is 0 Å². The van der Waals surface area contributed by atoms with Gasteiger partial charge in [0.25, 0.3) is 0 Å². The van der Waals surface area contributed by atoms with Gasteiger partial charge in [-0.1, -0.05) is 0 Å². The zero-order chi connectivity index (χ0) is 13.0. The molecule has 18 heavy (non-hydrogen) atoms. The Bertz CT molecular complexity index is 430. The molecule has 1 saturated carbocycles. The van der Waals surface area contributed by atoms with Gasteiger partial charge in [0.2, 0.25) is 0 Å². The third-order valence-corrected chi connectivity index (χ3v) is 2.99. The van der Waals surface area contributed by atoms with E-state index >= 15 is 0 Å². The summed E-state index contributed by atoms with van der Waals surface area (Å²) in [6, 6.07) is 4.15. The predicted molar refractivity (Wildman–Crippen MR) is 65.3 cm³/mol. The van der Waals surface area contributed by atoms with Crippen LogP contribution in [0.25, 0.3) is 0 Å². The Hall–Kier alpha value is -1.78. The molecule has 0 radical (unpaired) electrons. The minimum atomic E-state index is -0.617. The zero-order valence-electron chi connectivity index (χ0n) is 10.2. The van der Waals surface area contributed by atoms with Gasteiger partial charge in [-0.25, -0.2) is 9.18 Å². The molecule has 0 spiro atoms. The topological polar surface area (TPSA) is 47.6 Å². The number of hydrogen-bond donors (Lipinski definition) is 1. The molecule has 2 rings (SSSR count). The highest BCUT2D eigenvalue weighted by molar-refractivity contribution is 5.85. The molecule has 0 aliphatic heterocycles. The quantitative estimate of drug-likeness (QED) is 0.898. The Kier molecular flexibility index (Phi) is 4.02. The number of carbonyl (C=O) groups is 1. The number of anilines is 1. The van der Waals surface area contributed by atoms with Crippen LogP contribution in [0.4, 0.5) is 14.9 Å². The van der Waals surface area contributed by atoms with Crippen molar-refractivity contribution in [2.45, 2.75) is 31.8 Å². The standard InChI is InChI=1S/C13H16FNO3/c1-17-10-6-7-11(14)12(8-10)15-13(16)18-9-4-2-3-5-9/h6-9H,2-5H2,1H3,(H,15,16).